The number of rotatable bonds is 11. The van der Waals surface area contributed by atoms with Crippen LogP contribution in [0.25, 0.3) is 0 Å². The van der Waals surface area contributed by atoms with Gasteiger partial charge in [-0.3, -0.25) is 14.6 Å². The minimum Gasteiger partial charge on any atom is -0.506 e. The van der Waals surface area contributed by atoms with Crippen LogP contribution < -0.4 is 10.7 Å². The number of carbonyl (C=O) groups is 2. The van der Waals surface area contributed by atoms with Gasteiger partial charge in [0.1, 0.15) is 11.5 Å². The van der Waals surface area contributed by atoms with E-state index in [4.69, 9.17) is 0 Å². The maximum absolute atomic E-state index is 11.9. The minimum absolute atomic E-state index is 0.0337. The number of carbonyl (C=O) groups excluding carboxylic acids is 2. The molecule has 0 spiro atoms. The van der Waals surface area contributed by atoms with E-state index in [9.17, 15) is 24.9 Å². The number of benzene rings is 1. The first-order valence-electron chi connectivity index (χ1n) is 10.1. The number of aliphatic hydroxyl groups excluding tert-OH is 1. The second-order valence-electron chi connectivity index (χ2n) is 7.06. The van der Waals surface area contributed by atoms with E-state index in [-0.39, 0.29) is 36.3 Å². The van der Waals surface area contributed by atoms with Gasteiger partial charge < -0.3 is 20.6 Å². The molecule has 5 N–H and O–H groups in total. The summed E-state index contributed by atoms with van der Waals surface area (Å²) in [6, 6.07) is 6.56. The van der Waals surface area contributed by atoms with E-state index in [1.54, 1.807) is 25.1 Å². The molecular formula is C22H28N4O5. The molecule has 1 heterocycles. The molecule has 0 aliphatic carbocycles. The fraction of sp³-hybridized carbons (Fsp3) is 0.364. The van der Waals surface area contributed by atoms with Crippen molar-refractivity contribution in [3.8, 4) is 11.5 Å². The summed E-state index contributed by atoms with van der Waals surface area (Å²) < 4.78 is 0. The van der Waals surface area contributed by atoms with E-state index >= 15 is 0 Å². The Labute approximate surface area is 180 Å². The number of hydrazone groups is 1. The molecule has 0 radical (unpaired) electrons. The average molecular weight is 428 g/mol. The van der Waals surface area contributed by atoms with Crippen molar-refractivity contribution < 1.29 is 24.9 Å². The molecule has 0 bridgehead atoms. The number of amides is 2. The Kier molecular flexibility index (Phi) is 9.44. The number of pyridine rings is 1. The van der Waals surface area contributed by atoms with E-state index in [0.29, 0.717) is 41.8 Å². The predicted molar refractivity (Wildman–Crippen MR) is 117 cm³/mol. The number of aromatic nitrogens is 1. The topological polar surface area (TPSA) is 144 Å². The first kappa shape index (κ1) is 23.8. The van der Waals surface area contributed by atoms with Gasteiger partial charge in [-0.15, -0.1) is 0 Å². The number of anilines is 1. The standard InChI is InChI=1S/C22H28N4O5/c1-15-22(31)17(16(14-27)12-23-15)13-24-26-21(30)11-5-3-2-4-10-20(29)25-18-8-6-7-9-19(18)28/h6-9,12-13,27-28,31H,2-5,10-11,14H2,1H3,(H,25,29)(H,26,30)/b24-13+. The fourth-order valence-electron chi connectivity index (χ4n) is 2.86. The van der Waals surface area contributed by atoms with Gasteiger partial charge in [-0.05, 0) is 31.9 Å². The highest BCUT2D eigenvalue weighted by Crippen LogP contribution is 2.22. The van der Waals surface area contributed by atoms with Crippen molar-refractivity contribution in [3.05, 3.63) is 47.3 Å². The molecule has 1 aromatic carbocycles. The summed E-state index contributed by atoms with van der Waals surface area (Å²) in [7, 11) is 0. The highest BCUT2D eigenvalue weighted by atomic mass is 16.3. The van der Waals surface area contributed by atoms with Crippen molar-refractivity contribution in [2.45, 2.75) is 52.1 Å². The molecule has 2 rings (SSSR count). The van der Waals surface area contributed by atoms with Gasteiger partial charge in [-0.2, -0.15) is 5.10 Å². The maximum Gasteiger partial charge on any atom is 0.240 e. The van der Waals surface area contributed by atoms with Gasteiger partial charge in [-0.1, -0.05) is 25.0 Å². The number of aromatic hydroxyl groups is 2. The van der Waals surface area contributed by atoms with Crippen LogP contribution in [0, 0.1) is 6.92 Å². The summed E-state index contributed by atoms with van der Waals surface area (Å²) >= 11 is 0. The number of hydrogen-bond donors (Lipinski definition) is 5. The lowest BCUT2D eigenvalue weighted by molar-refractivity contribution is -0.121. The van der Waals surface area contributed by atoms with E-state index < -0.39 is 0 Å². The quantitative estimate of drug-likeness (QED) is 0.161. The third-order valence-electron chi connectivity index (χ3n) is 4.65. The molecule has 2 aromatic rings. The number of phenolic OH excluding ortho intramolecular Hbond substituents is 1. The number of phenols is 1. The van der Waals surface area contributed by atoms with Gasteiger partial charge >= 0.3 is 0 Å². The van der Waals surface area contributed by atoms with Crippen LogP contribution in [0.1, 0.15) is 55.3 Å². The normalized spacial score (nSPS) is 10.9. The lowest BCUT2D eigenvalue weighted by Gasteiger charge is -2.07. The number of aryl methyl sites for hydroxylation is 1. The summed E-state index contributed by atoms with van der Waals surface area (Å²) in [6.45, 7) is 1.32. The molecule has 166 valence electrons. The number of hydrogen-bond acceptors (Lipinski definition) is 7. The maximum atomic E-state index is 11.9. The first-order valence-corrected chi connectivity index (χ1v) is 10.1. The zero-order valence-corrected chi connectivity index (χ0v) is 17.5. The fourth-order valence-corrected chi connectivity index (χ4v) is 2.86. The summed E-state index contributed by atoms with van der Waals surface area (Å²) in [6.07, 6.45) is 6.29. The molecule has 9 nitrogen and oxygen atoms in total. The van der Waals surface area contributed by atoms with Crippen molar-refractivity contribution in [2.75, 3.05) is 5.32 Å². The number of nitrogens with zero attached hydrogens (tertiary/aromatic N) is 2. The van der Waals surface area contributed by atoms with Gasteiger partial charge in [0.15, 0.2) is 0 Å². The number of nitrogens with one attached hydrogen (secondary N) is 2. The summed E-state index contributed by atoms with van der Waals surface area (Å²) in [5.41, 5.74) is 3.92. The molecule has 0 atom stereocenters. The van der Waals surface area contributed by atoms with Crippen LogP contribution in [0.3, 0.4) is 0 Å². The Morgan fingerprint density at radius 2 is 1.74 bits per heavy atom. The second kappa shape index (κ2) is 12.3. The first-order chi connectivity index (χ1) is 14.9. The number of para-hydroxylation sites is 2. The second-order valence-corrected chi connectivity index (χ2v) is 7.06. The van der Waals surface area contributed by atoms with Crippen LogP contribution >= 0.6 is 0 Å². The van der Waals surface area contributed by atoms with Gasteiger partial charge in [0.05, 0.1) is 24.2 Å². The van der Waals surface area contributed by atoms with Crippen LogP contribution in [0.4, 0.5) is 5.69 Å². The van der Waals surface area contributed by atoms with E-state index in [1.165, 1.54) is 18.5 Å². The van der Waals surface area contributed by atoms with Crippen LogP contribution in [0.5, 0.6) is 11.5 Å². The lowest BCUT2D eigenvalue weighted by Crippen LogP contribution is -2.17. The predicted octanol–water partition coefficient (Wildman–Crippen LogP) is 2.72. The monoisotopic (exact) mass is 428 g/mol. The highest BCUT2D eigenvalue weighted by Gasteiger charge is 2.10. The van der Waals surface area contributed by atoms with Crippen LogP contribution in [-0.2, 0) is 16.2 Å². The third kappa shape index (κ3) is 7.71. The largest absolute Gasteiger partial charge is 0.506 e. The Morgan fingerprint density at radius 3 is 2.42 bits per heavy atom. The summed E-state index contributed by atoms with van der Waals surface area (Å²) in [4.78, 5) is 27.7. The van der Waals surface area contributed by atoms with Gasteiger partial charge in [0.2, 0.25) is 11.8 Å². The summed E-state index contributed by atoms with van der Waals surface area (Å²) in [5.74, 6) is -0.475. The van der Waals surface area contributed by atoms with Crippen molar-refractivity contribution >= 4 is 23.7 Å². The van der Waals surface area contributed by atoms with Crippen molar-refractivity contribution in [3.63, 3.8) is 0 Å². The SMILES string of the molecule is Cc1ncc(CO)c(/C=N/NC(=O)CCCCCCC(=O)Nc2ccccc2O)c1O. The van der Waals surface area contributed by atoms with Crippen LogP contribution in [-0.4, -0.2) is 38.3 Å². The molecule has 0 saturated carbocycles. The van der Waals surface area contributed by atoms with Crippen LogP contribution in [0.2, 0.25) is 0 Å². The van der Waals surface area contributed by atoms with E-state index in [2.05, 4.69) is 20.8 Å². The molecule has 0 aliphatic heterocycles. The van der Waals surface area contributed by atoms with Gasteiger partial charge in [0, 0.05) is 30.2 Å². The van der Waals surface area contributed by atoms with Gasteiger partial charge in [-0.25, -0.2) is 5.43 Å². The Bertz CT molecular complexity index is 930. The molecular weight excluding hydrogens is 400 g/mol. The van der Waals surface area contributed by atoms with E-state index in [0.717, 1.165) is 12.8 Å². The molecule has 0 unspecified atom stereocenters. The Morgan fingerprint density at radius 1 is 1.06 bits per heavy atom. The molecule has 31 heavy (non-hydrogen) atoms. The smallest absolute Gasteiger partial charge is 0.240 e. The molecule has 0 aliphatic rings. The zero-order valence-electron chi connectivity index (χ0n) is 17.5. The number of unbranched alkanes of at least 4 members (excludes halogenated alkanes) is 3. The zero-order chi connectivity index (χ0) is 22.6. The van der Waals surface area contributed by atoms with Gasteiger partial charge in [0.25, 0.3) is 0 Å². The van der Waals surface area contributed by atoms with E-state index in [1.807, 2.05) is 0 Å². The van der Waals surface area contributed by atoms with Crippen LogP contribution in [0.15, 0.2) is 35.6 Å². The number of aliphatic hydroxyl groups is 1. The van der Waals surface area contributed by atoms with Crippen molar-refractivity contribution in [1.82, 2.24) is 10.4 Å². The Balaban J connectivity index is 1.62. The molecule has 0 fully saturated rings. The molecule has 9 heteroatoms. The van der Waals surface area contributed by atoms with Crippen molar-refractivity contribution in [2.24, 2.45) is 5.10 Å². The van der Waals surface area contributed by atoms with Crippen molar-refractivity contribution in [1.29, 1.82) is 0 Å². The average Bonchev–Trinajstić information content (AvgIpc) is 2.75. The molecule has 2 amide bonds. The Hall–Kier alpha value is -3.46. The minimum atomic E-state index is -0.305. The lowest BCUT2D eigenvalue weighted by atomic mass is 10.1. The third-order valence-corrected chi connectivity index (χ3v) is 4.65. The highest BCUT2D eigenvalue weighted by molar-refractivity contribution is 5.92. The molecule has 1 aromatic heterocycles. The summed E-state index contributed by atoms with van der Waals surface area (Å²) in [5, 5.41) is 35.5. The molecule has 0 saturated heterocycles.